The highest BCUT2D eigenvalue weighted by atomic mass is 31.2. The van der Waals surface area contributed by atoms with Gasteiger partial charge < -0.3 is 33.8 Å². The number of aliphatic hydroxyl groups excluding tert-OH is 1. The van der Waals surface area contributed by atoms with Crippen LogP contribution in [0.3, 0.4) is 0 Å². The van der Waals surface area contributed by atoms with Gasteiger partial charge in [-0.05, 0) is 43.4 Å². The first-order valence-corrected chi connectivity index (χ1v) is 46.4. The number of aliphatic hydroxyl groups is 1. The van der Waals surface area contributed by atoms with Crippen LogP contribution in [0, 0.1) is 17.8 Å². The van der Waals surface area contributed by atoms with E-state index in [1.54, 1.807) is 0 Å². The Hall–Kier alpha value is -1.94. The van der Waals surface area contributed by atoms with E-state index in [9.17, 15) is 43.2 Å². The third kappa shape index (κ3) is 75.3. The maximum Gasteiger partial charge on any atom is 0.472 e. The van der Waals surface area contributed by atoms with E-state index in [1.807, 2.05) is 0 Å². The van der Waals surface area contributed by atoms with Crippen molar-refractivity contribution in [1.82, 2.24) is 0 Å². The van der Waals surface area contributed by atoms with Gasteiger partial charge in [-0.2, -0.15) is 0 Å². The van der Waals surface area contributed by atoms with Crippen molar-refractivity contribution in [3.05, 3.63) is 0 Å². The molecule has 0 heterocycles. The first-order chi connectivity index (χ1) is 49.8. The number of esters is 4. The molecule has 0 aliphatic carbocycles. The fourth-order valence-corrected chi connectivity index (χ4v) is 14.5. The van der Waals surface area contributed by atoms with Crippen LogP contribution in [0.4, 0.5) is 0 Å². The second-order valence-electron chi connectivity index (χ2n) is 31.2. The summed E-state index contributed by atoms with van der Waals surface area (Å²) in [6.45, 7) is 12.0. The van der Waals surface area contributed by atoms with Gasteiger partial charge in [0.05, 0.1) is 26.4 Å². The monoisotopic (exact) mass is 1510 g/mol. The van der Waals surface area contributed by atoms with Crippen LogP contribution in [-0.2, 0) is 65.4 Å². The van der Waals surface area contributed by atoms with Crippen molar-refractivity contribution in [2.45, 2.75) is 458 Å². The third-order valence-electron chi connectivity index (χ3n) is 20.4. The average Bonchev–Trinajstić information content (AvgIpc) is 1.09. The van der Waals surface area contributed by atoms with Gasteiger partial charge in [-0.25, -0.2) is 9.13 Å². The van der Waals surface area contributed by atoms with Crippen molar-refractivity contribution in [3.8, 4) is 0 Å². The van der Waals surface area contributed by atoms with Crippen LogP contribution in [0.15, 0.2) is 0 Å². The predicted molar refractivity (Wildman–Crippen MR) is 423 cm³/mol. The molecule has 0 aliphatic rings. The molecule has 0 saturated heterocycles. The standard InChI is InChI=1S/C84H164O17P2/c1-8-11-12-13-14-15-16-17-18-24-27-30-36-44-51-58-65-81(86)94-71-79(100-83(88)67-60-53-46-37-31-28-25-22-20-19-21-23-26-29-34-41-48-55-62-75(4)5)73-98-102(90,91)96-69-78(85)70-97-103(92,93)99-74-80(72-95-82(87)66-59-52-45-40-39-43-50-57-64-77(7)10-3)101-84(89)68-61-54-47-38-33-32-35-42-49-56-63-76(6)9-2/h75-80,85H,8-74H2,1-7H3,(H,90,91)(H,92,93)/t76?,77?,78-,79-,80-/m1/s1. The van der Waals surface area contributed by atoms with Gasteiger partial charge in [-0.1, -0.05) is 389 Å². The normalized spacial score (nSPS) is 14.4. The van der Waals surface area contributed by atoms with Gasteiger partial charge in [0, 0.05) is 25.7 Å². The molecule has 4 unspecified atom stereocenters. The zero-order valence-corrected chi connectivity index (χ0v) is 69.6. The molecule has 0 bridgehead atoms. The minimum Gasteiger partial charge on any atom is -0.462 e. The van der Waals surface area contributed by atoms with E-state index in [0.29, 0.717) is 25.7 Å². The molecule has 103 heavy (non-hydrogen) atoms. The summed E-state index contributed by atoms with van der Waals surface area (Å²) in [5, 5.41) is 10.7. The summed E-state index contributed by atoms with van der Waals surface area (Å²) < 4.78 is 68.8. The molecule has 0 rings (SSSR count). The number of carbonyl (C=O) groups is 4. The Labute approximate surface area is 632 Å². The Kier molecular flexibility index (Phi) is 72.8. The predicted octanol–water partition coefficient (Wildman–Crippen LogP) is 25.3. The highest BCUT2D eigenvalue weighted by Crippen LogP contribution is 2.45. The van der Waals surface area contributed by atoms with Gasteiger partial charge >= 0.3 is 39.5 Å². The second-order valence-corrected chi connectivity index (χ2v) is 34.1. The zero-order valence-electron chi connectivity index (χ0n) is 67.8. The molecule has 0 aliphatic heterocycles. The molecule has 612 valence electrons. The second kappa shape index (κ2) is 74.2. The van der Waals surface area contributed by atoms with Crippen LogP contribution in [0.25, 0.3) is 0 Å². The number of hydrogen-bond donors (Lipinski definition) is 3. The Morgan fingerprint density at radius 3 is 0.738 bits per heavy atom. The van der Waals surface area contributed by atoms with E-state index in [0.717, 1.165) is 108 Å². The van der Waals surface area contributed by atoms with Gasteiger partial charge in [0.2, 0.25) is 0 Å². The number of unbranched alkanes of at least 4 members (excludes halogenated alkanes) is 48. The Morgan fingerprint density at radius 1 is 0.282 bits per heavy atom. The first-order valence-electron chi connectivity index (χ1n) is 43.4. The van der Waals surface area contributed by atoms with Gasteiger partial charge in [0.1, 0.15) is 19.3 Å². The highest BCUT2D eigenvalue weighted by molar-refractivity contribution is 7.47. The van der Waals surface area contributed by atoms with Gasteiger partial charge in [0.15, 0.2) is 12.2 Å². The highest BCUT2D eigenvalue weighted by Gasteiger charge is 2.30. The molecule has 0 aromatic heterocycles. The summed E-state index contributed by atoms with van der Waals surface area (Å²) in [7, 11) is -9.93. The van der Waals surface area contributed by atoms with Crippen LogP contribution in [-0.4, -0.2) is 96.7 Å². The quantitative estimate of drug-likeness (QED) is 0.0222. The van der Waals surface area contributed by atoms with Crippen molar-refractivity contribution in [2.24, 2.45) is 17.8 Å². The molecule has 0 aromatic rings. The molecular weight excluding hydrogens is 1340 g/mol. The van der Waals surface area contributed by atoms with Crippen molar-refractivity contribution in [2.75, 3.05) is 39.6 Å². The minimum atomic E-state index is -4.96. The molecule has 7 atom stereocenters. The van der Waals surface area contributed by atoms with Crippen molar-refractivity contribution < 1.29 is 80.2 Å². The topological polar surface area (TPSA) is 237 Å². The molecular formula is C84H164O17P2. The van der Waals surface area contributed by atoms with Crippen LogP contribution >= 0.6 is 15.6 Å². The molecule has 0 aromatic carbocycles. The minimum absolute atomic E-state index is 0.106. The molecule has 0 amide bonds. The summed E-state index contributed by atoms with van der Waals surface area (Å²) in [5.74, 6) is 0.294. The fraction of sp³-hybridized carbons (Fsp3) is 0.952. The summed E-state index contributed by atoms with van der Waals surface area (Å²) in [6, 6.07) is 0. The number of phosphoric ester groups is 2. The first kappa shape index (κ1) is 101. The van der Waals surface area contributed by atoms with Gasteiger partial charge in [0.25, 0.3) is 0 Å². The molecule has 0 saturated carbocycles. The Morgan fingerprint density at radius 2 is 0.495 bits per heavy atom. The van der Waals surface area contributed by atoms with E-state index in [4.69, 9.17) is 37.0 Å². The molecule has 0 spiro atoms. The van der Waals surface area contributed by atoms with E-state index >= 15 is 0 Å². The number of ether oxygens (including phenoxy) is 4. The van der Waals surface area contributed by atoms with Crippen LogP contribution in [0.1, 0.15) is 440 Å². The maximum absolute atomic E-state index is 13.1. The van der Waals surface area contributed by atoms with Crippen LogP contribution in [0.2, 0.25) is 0 Å². The summed E-state index contributed by atoms with van der Waals surface area (Å²) in [5.41, 5.74) is 0. The zero-order chi connectivity index (χ0) is 75.8. The lowest BCUT2D eigenvalue weighted by atomic mass is 9.99. The third-order valence-corrected chi connectivity index (χ3v) is 22.3. The summed E-state index contributed by atoms with van der Waals surface area (Å²) in [4.78, 5) is 73.2. The van der Waals surface area contributed by atoms with E-state index in [1.165, 1.54) is 250 Å². The number of phosphoric acid groups is 2. The SMILES string of the molecule is CCCCCCCCCCCCCCCCCCC(=O)OC[C@H](COP(=O)(O)OC[C@@H](O)COP(=O)(O)OC[C@@H](COC(=O)CCCCCCCCCCC(C)CC)OC(=O)CCCCCCCCCCCCC(C)CC)OC(=O)CCCCCCCCCCCCCCCCCCCCC(C)C. The van der Waals surface area contributed by atoms with E-state index < -0.39 is 97.5 Å². The lowest BCUT2D eigenvalue weighted by molar-refractivity contribution is -0.161. The smallest absolute Gasteiger partial charge is 0.462 e. The van der Waals surface area contributed by atoms with Crippen LogP contribution in [0.5, 0.6) is 0 Å². The lowest BCUT2D eigenvalue weighted by Crippen LogP contribution is -2.30. The van der Waals surface area contributed by atoms with E-state index in [2.05, 4.69) is 48.5 Å². The average molecular weight is 1510 g/mol. The molecule has 3 N–H and O–H groups in total. The lowest BCUT2D eigenvalue weighted by Gasteiger charge is -2.21. The maximum atomic E-state index is 13.1. The number of hydrogen-bond acceptors (Lipinski definition) is 15. The summed E-state index contributed by atoms with van der Waals surface area (Å²) >= 11 is 0. The number of rotatable bonds is 82. The Balaban J connectivity index is 5.25. The van der Waals surface area contributed by atoms with E-state index in [-0.39, 0.29) is 25.7 Å². The molecule has 0 fully saturated rings. The molecule has 17 nitrogen and oxygen atoms in total. The van der Waals surface area contributed by atoms with Gasteiger partial charge in [-0.15, -0.1) is 0 Å². The number of carbonyl (C=O) groups excluding carboxylic acids is 4. The molecule has 19 heteroatoms. The summed E-state index contributed by atoms with van der Waals surface area (Å²) in [6.07, 6.45) is 63.7. The molecule has 0 radical (unpaired) electrons. The largest absolute Gasteiger partial charge is 0.472 e. The van der Waals surface area contributed by atoms with Crippen molar-refractivity contribution in [3.63, 3.8) is 0 Å². The van der Waals surface area contributed by atoms with Crippen molar-refractivity contribution in [1.29, 1.82) is 0 Å². The fourth-order valence-electron chi connectivity index (χ4n) is 13.0. The Bertz CT molecular complexity index is 2000. The van der Waals surface area contributed by atoms with Crippen molar-refractivity contribution >= 4 is 39.5 Å². The van der Waals surface area contributed by atoms with Gasteiger partial charge in [-0.3, -0.25) is 37.3 Å². The van der Waals surface area contributed by atoms with Crippen LogP contribution < -0.4 is 0 Å².